The Morgan fingerprint density at radius 3 is 2.50 bits per heavy atom. The zero-order valence-corrected chi connectivity index (χ0v) is 20.1. The Bertz CT molecular complexity index is 1120. The topological polar surface area (TPSA) is 78.3 Å². The largest absolute Gasteiger partial charge is 0.475 e. The summed E-state index contributed by atoms with van der Waals surface area (Å²) < 4.78 is 72.7. The van der Waals surface area contributed by atoms with Gasteiger partial charge in [-0.15, -0.1) is 0 Å². The number of rotatable bonds is 7. The van der Waals surface area contributed by atoms with Crippen molar-refractivity contribution in [3.63, 3.8) is 0 Å². The van der Waals surface area contributed by atoms with E-state index in [4.69, 9.17) is 21.7 Å². The van der Waals surface area contributed by atoms with Crippen LogP contribution in [0.25, 0.3) is 5.57 Å². The van der Waals surface area contributed by atoms with Gasteiger partial charge in [-0.3, -0.25) is 10.2 Å². The van der Waals surface area contributed by atoms with E-state index in [1.807, 2.05) is 0 Å². The third-order valence-electron chi connectivity index (χ3n) is 5.73. The van der Waals surface area contributed by atoms with Crippen LogP contribution >= 0.6 is 11.6 Å². The predicted molar refractivity (Wildman–Crippen MR) is 125 cm³/mol. The molecule has 2 N–H and O–H groups in total. The number of benzene rings is 1. The molecule has 194 valence electrons. The molecule has 0 saturated carbocycles. The van der Waals surface area contributed by atoms with Gasteiger partial charge in [-0.2, -0.15) is 13.2 Å². The number of alkyl halides is 5. The number of piperidine rings is 1. The van der Waals surface area contributed by atoms with Gasteiger partial charge in [-0.05, 0) is 29.7 Å². The number of amides is 1. The molecule has 1 fully saturated rings. The van der Waals surface area contributed by atoms with E-state index in [0.717, 1.165) is 17.0 Å². The molecular weight excluding hydrogens is 507 g/mol. The summed E-state index contributed by atoms with van der Waals surface area (Å²) in [4.78, 5) is 17.9. The fourth-order valence-electron chi connectivity index (χ4n) is 3.96. The van der Waals surface area contributed by atoms with Gasteiger partial charge in [0.15, 0.2) is 0 Å². The van der Waals surface area contributed by atoms with Gasteiger partial charge in [0.25, 0.3) is 11.8 Å². The summed E-state index contributed by atoms with van der Waals surface area (Å²) in [6, 6.07) is 7.28. The van der Waals surface area contributed by atoms with Gasteiger partial charge in [0.05, 0.1) is 18.2 Å². The Labute approximate surface area is 209 Å². The molecule has 0 aliphatic carbocycles. The molecule has 3 rings (SSSR count). The summed E-state index contributed by atoms with van der Waals surface area (Å²) >= 11 is 5.92. The SMILES string of the molecule is CN/C=C(\C(=N)C(=O)N1CC(F)(F)C[C@@H](C)C1COc1ccc(C(F)(F)F)cn1)c1ccc(Cl)cc1. The van der Waals surface area contributed by atoms with E-state index in [1.54, 1.807) is 31.3 Å². The average molecular weight is 531 g/mol. The molecule has 1 aliphatic heterocycles. The number of nitrogens with one attached hydrogen (secondary N) is 2. The minimum absolute atomic E-state index is 0.146. The second-order valence-electron chi connectivity index (χ2n) is 8.46. The Morgan fingerprint density at radius 1 is 1.28 bits per heavy atom. The van der Waals surface area contributed by atoms with Crippen molar-refractivity contribution in [2.45, 2.75) is 31.5 Å². The van der Waals surface area contributed by atoms with Crippen LogP contribution in [0.4, 0.5) is 22.0 Å². The number of nitrogens with zero attached hydrogens (tertiary/aromatic N) is 2. The summed E-state index contributed by atoms with van der Waals surface area (Å²) in [6.07, 6.45) is -3.07. The van der Waals surface area contributed by atoms with Gasteiger partial charge in [0.1, 0.15) is 12.3 Å². The molecule has 1 aromatic heterocycles. The normalized spacial score (nSPS) is 20.1. The van der Waals surface area contributed by atoms with Crippen molar-refractivity contribution >= 4 is 28.8 Å². The number of carbonyl (C=O) groups is 1. The molecule has 0 radical (unpaired) electrons. The van der Waals surface area contributed by atoms with Crippen molar-refractivity contribution in [2.24, 2.45) is 5.92 Å². The molecule has 2 aromatic rings. The van der Waals surface area contributed by atoms with Crippen LogP contribution in [0.5, 0.6) is 5.88 Å². The maximum Gasteiger partial charge on any atom is 0.417 e. The number of ether oxygens (including phenoxy) is 1. The highest BCUT2D eigenvalue weighted by Crippen LogP contribution is 2.35. The van der Waals surface area contributed by atoms with Gasteiger partial charge < -0.3 is 15.0 Å². The fourth-order valence-corrected chi connectivity index (χ4v) is 4.08. The first-order chi connectivity index (χ1) is 16.8. The molecule has 1 amide bonds. The Balaban J connectivity index is 1.84. The lowest BCUT2D eigenvalue weighted by atomic mass is 9.88. The number of hydrogen-bond acceptors (Lipinski definition) is 5. The van der Waals surface area contributed by atoms with Crippen LogP contribution in [0.15, 0.2) is 48.8 Å². The van der Waals surface area contributed by atoms with Crippen molar-refractivity contribution in [1.82, 2.24) is 15.2 Å². The summed E-state index contributed by atoms with van der Waals surface area (Å²) in [5.41, 5.74) is -0.832. The summed E-state index contributed by atoms with van der Waals surface area (Å²) in [6.45, 7) is 0.301. The minimum Gasteiger partial charge on any atom is -0.475 e. The van der Waals surface area contributed by atoms with Crippen LogP contribution in [0.1, 0.15) is 24.5 Å². The van der Waals surface area contributed by atoms with Gasteiger partial charge in [-0.1, -0.05) is 30.7 Å². The number of carbonyl (C=O) groups excluding carboxylic acids is 1. The van der Waals surface area contributed by atoms with Crippen LogP contribution in [0.2, 0.25) is 5.02 Å². The van der Waals surface area contributed by atoms with E-state index in [9.17, 15) is 26.7 Å². The van der Waals surface area contributed by atoms with Gasteiger partial charge >= 0.3 is 6.18 Å². The molecule has 12 heteroatoms. The maximum atomic E-state index is 14.5. The zero-order valence-electron chi connectivity index (χ0n) is 19.4. The third-order valence-corrected chi connectivity index (χ3v) is 5.99. The number of halogens is 6. The molecular formula is C24H24ClF5N4O2. The van der Waals surface area contributed by atoms with Crippen LogP contribution < -0.4 is 10.1 Å². The summed E-state index contributed by atoms with van der Waals surface area (Å²) in [5, 5.41) is 11.7. The highest BCUT2D eigenvalue weighted by atomic mass is 35.5. The first-order valence-corrected chi connectivity index (χ1v) is 11.3. The van der Waals surface area contributed by atoms with E-state index >= 15 is 0 Å². The van der Waals surface area contributed by atoms with Gasteiger partial charge in [0.2, 0.25) is 5.88 Å². The van der Waals surface area contributed by atoms with E-state index in [-0.39, 0.29) is 18.1 Å². The third kappa shape index (κ3) is 6.51. The van der Waals surface area contributed by atoms with Gasteiger partial charge in [0, 0.05) is 42.5 Å². The summed E-state index contributed by atoms with van der Waals surface area (Å²) in [5.74, 6) is -5.00. The lowest BCUT2D eigenvalue weighted by Crippen LogP contribution is -2.58. The molecule has 2 heterocycles. The molecule has 36 heavy (non-hydrogen) atoms. The number of pyridine rings is 1. The van der Waals surface area contributed by atoms with E-state index in [2.05, 4.69) is 10.3 Å². The number of hydrogen-bond donors (Lipinski definition) is 2. The fraction of sp³-hybridized carbons (Fsp3) is 0.375. The molecule has 0 bridgehead atoms. The zero-order chi connectivity index (χ0) is 26.7. The van der Waals surface area contributed by atoms with Crippen LogP contribution in [0, 0.1) is 11.3 Å². The van der Waals surface area contributed by atoms with E-state index in [0.29, 0.717) is 16.8 Å². The second-order valence-corrected chi connectivity index (χ2v) is 8.90. The first kappa shape index (κ1) is 27.4. The Kier molecular flexibility index (Phi) is 8.22. The van der Waals surface area contributed by atoms with Gasteiger partial charge in [-0.25, -0.2) is 13.8 Å². The molecule has 1 aromatic carbocycles. The molecule has 1 unspecified atom stereocenters. The lowest BCUT2D eigenvalue weighted by molar-refractivity contribution is -0.148. The van der Waals surface area contributed by atoms with E-state index < -0.39 is 54.2 Å². The average Bonchev–Trinajstić information content (AvgIpc) is 2.80. The second kappa shape index (κ2) is 10.8. The first-order valence-electron chi connectivity index (χ1n) is 10.9. The van der Waals surface area contributed by atoms with Crippen molar-refractivity contribution in [3.8, 4) is 5.88 Å². The standard InChI is InChI=1S/C24H24ClF5N4O2/c1-14-9-23(26,27)13-34(19(14)12-36-20-8-5-16(10-33-20)24(28,29)30)22(35)21(31)18(11-32-2)15-3-6-17(25)7-4-15/h3-8,10-11,14,19,31-32H,9,12-13H2,1-2H3/b18-11-,31-21?/t14-,19?/m1/s1. The monoisotopic (exact) mass is 530 g/mol. The Morgan fingerprint density at radius 2 is 1.94 bits per heavy atom. The quantitative estimate of drug-likeness (QED) is 0.377. The van der Waals surface area contributed by atoms with Crippen molar-refractivity contribution in [2.75, 3.05) is 20.2 Å². The molecule has 0 spiro atoms. The highest BCUT2D eigenvalue weighted by Gasteiger charge is 2.47. The number of aromatic nitrogens is 1. The molecule has 6 nitrogen and oxygen atoms in total. The van der Waals surface area contributed by atoms with Crippen LogP contribution in [-0.2, 0) is 11.0 Å². The van der Waals surface area contributed by atoms with Crippen molar-refractivity contribution in [3.05, 3.63) is 64.9 Å². The van der Waals surface area contributed by atoms with Crippen molar-refractivity contribution < 1.29 is 31.5 Å². The molecule has 1 aliphatic rings. The van der Waals surface area contributed by atoms with Crippen LogP contribution in [-0.4, -0.2) is 53.7 Å². The minimum atomic E-state index is -4.57. The highest BCUT2D eigenvalue weighted by molar-refractivity contribution is 6.54. The smallest absolute Gasteiger partial charge is 0.417 e. The Hall–Kier alpha value is -3.21. The maximum absolute atomic E-state index is 14.5. The number of likely N-dealkylation sites (tertiary alicyclic amines) is 1. The van der Waals surface area contributed by atoms with E-state index in [1.165, 1.54) is 13.1 Å². The van der Waals surface area contributed by atoms with Crippen molar-refractivity contribution in [1.29, 1.82) is 5.41 Å². The summed E-state index contributed by atoms with van der Waals surface area (Å²) in [7, 11) is 1.57. The predicted octanol–water partition coefficient (Wildman–Crippen LogP) is 5.29. The van der Waals surface area contributed by atoms with Crippen LogP contribution in [0.3, 0.4) is 0 Å². The lowest BCUT2D eigenvalue weighted by Gasteiger charge is -2.43. The molecule has 2 atom stereocenters. The molecule has 1 saturated heterocycles.